The number of nitrogens with zero attached hydrogens (tertiary/aromatic N) is 3. The van der Waals surface area contributed by atoms with E-state index in [9.17, 15) is 0 Å². The second-order valence-corrected chi connectivity index (χ2v) is 4.08. The van der Waals surface area contributed by atoms with Gasteiger partial charge in [-0.2, -0.15) is 10.4 Å². The number of rotatable bonds is 4. The number of aromatic nitrogens is 3. The fourth-order valence-corrected chi connectivity index (χ4v) is 1.93. The van der Waals surface area contributed by atoms with Crippen LogP contribution in [0.25, 0.3) is 0 Å². The summed E-state index contributed by atoms with van der Waals surface area (Å²) in [4.78, 5) is 5.88. The van der Waals surface area contributed by atoms with Crippen LogP contribution in [0, 0.1) is 11.3 Å². The van der Waals surface area contributed by atoms with Crippen LogP contribution in [-0.4, -0.2) is 15.2 Å². The van der Waals surface area contributed by atoms with E-state index in [1.165, 1.54) is 17.7 Å². The third-order valence-electron chi connectivity index (χ3n) is 1.83. The number of thiophene rings is 1. The van der Waals surface area contributed by atoms with Gasteiger partial charge in [0.1, 0.15) is 23.1 Å². The van der Waals surface area contributed by atoms with Gasteiger partial charge >= 0.3 is 0 Å². The van der Waals surface area contributed by atoms with Crippen molar-refractivity contribution in [2.24, 2.45) is 0 Å². The summed E-state index contributed by atoms with van der Waals surface area (Å²) >= 11 is 1.50. The maximum Gasteiger partial charge on any atom is 0.138 e. The molecule has 2 N–H and O–H groups in total. The average Bonchev–Trinajstić information content (AvgIpc) is 2.88. The van der Waals surface area contributed by atoms with Crippen molar-refractivity contribution >= 4 is 11.3 Å². The molecule has 0 amide bonds. The summed E-state index contributed by atoms with van der Waals surface area (Å²) in [6.07, 6.45) is 1.48. The lowest BCUT2D eigenvalue weighted by atomic mass is 10.4. The Kier molecular flexibility index (Phi) is 3.07. The first kappa shape index (κ1) is 9.83. The highest BCUT2D eigenvalue weighted by Gasteiger charge is 1.99. The number of aromatic amines is 1. The second-order valence-electron chi connectivity index (χ2n) is 2.91. The zero-order valence-electron chi connectivity index (χ0n) is 7.90. The van der Waals surface area contributed by atoms with Crippen LogP contribution in [0.3, 0.4) is 0 Å². The van der Waals surface area contributed by atoms with Crippen LogP contribution in [0.15, 0.2) is 18.5 Å². The molecule has 0 aliphatic carbocycles. The summed E-state index contributed by atoms with van der Waals surface area (Å²) in [5.41, 5.74) is 0. The third-order valence-corrected chi connectivity index (χ3v) is 2.82. The monoisotopic (exact) mass is 219 g/mol. The van der Waals surface area contributed by atoms with Gasteiger partial charge in [-0.25, -0.2) is 4.98 Å². The Morgan fingerprint density at radius 3 is 3.07 bits per heavy atom. The van der Waals surface area contributed by atoms with Crippen LogP contribution in [0.5, 0.6) is 0 Å². The maximum atomic E-state index is 8.64. The smallest absolute Gasteiger partial charge is 0.138 e. The van der Waals surface area contributed by atoms with Crippen LogP contribution in [0.1, 0.15) is 15.6 Å². The number of hydrogen-bond donors (Lipinski definition) is 2. The lowest BCUT2D eigenvalue weighted by Crippen LogP contribution is -2.12. The molecule has 2 aromatic heterocycles. The van der Waals surface area contributed by atoms with Gasteiger partial charge in [0.05, 0.1) is 6.54 Å². The van der Waals surface area contributed by atoms with Crippen LogP contribution in [0.2, 0.25) is 0 Å². The molecule has 0 fully saturated rings. The molecule has 0 aliphatic heterocycles. The van der Waals surface area contributed by atoms with Crippen molar-refractivity contribution in [2.45, 2.75) is 13.1 Å². The molecule has 0 saturated carbocycles. The lowest BCUT2D eigenvalue weighted by Gasteiger charge is -1.98. The van der Waals surface area contributed by atoms with Crippen LogP contribution in [0.4, 0.5) is 0 Å². The van der Waals surface area contributed by atoms with Gasteiger partial charge in [0.15, 0.2) is 0 Å². The summed E-state index contributed by atoms with van der Waals surface area (Å²) in [5, 5.41) is 18.4. The van der Waals surface area contributed by atoms with Gasteiger partial charge in [-0.05, 0) is 12.1 Å². The van der Waals surface area contributed by atoms with Crippen molar-refractivity contribution in [1.29, 1.82) is 5.26 Å². The molecular weight excluding hydrogens is 210 g/mol. The van der Waals surface area contributed by atoms with E-state index in [1.54, 1.807) is 0 Å². The van der Waals surface area contributed by atoms with E-state index in [-0.39, 0.29) is 0 Å². The van der Waals surface area contributed by atoms with E-state index in [1.807, 2.05) is 12.1 Å². The number of nitrogens with one attached hydrogen (secondary N) is 2. The first-order valence-electron chi connectivity index (χ1n) is 4.42. The molecule has 6 heteroatoms. The molecule has 2 rings (SSSR count). The van der Waals surface area contributed by atoms with Gasteiger partial charge in [0.25, 0.3) is 0 Å². The zero-order valence-corrected chi connectivity index (χ0v) is 8.71. The molecular formula is C9H9N5S. The van der Waals surface area contributed by atoms with Gasteiger partial charge in [-0.1, -0.05) is 0 Å². The third kappa shape index (κ3) is 2.62. The van der Waals surface area contributed by atoms with Gasteiger partial charge < -0.3 is 5.32 Å². The molecule has 0 spiro atoms. The van der Waals surface area contributed by atoms with Crippen LogP contribution < -0.4 is 5.32 Å². The molecule has 0 atom stereocenters. The molecule has 0 aromatic carbocycles. The summed E-state index contributed by atoms with van der Waals surface area (Å²) in [6, 6.07) is 5.90. The largest absolute Gasteiger partial charge is 0.305 e. The van der Waals surface area contributed by atoms with Crippen LogP contribution >= 0.6 is 11.3 Å². The summed E-state index contributed by atoms with van der Waals surface area (Å²) in [7, 11) is 0. The number of nitriles is 1. The number of hydrogen-bond acceptors (Lipinski definition) is 5. The summed E-state index contributed by atoms with van der Waals surface area (Å²) in [5.74, 6) is 0.812. The van der Waals surface area contributed by atoms with E-state index in [0.717, 1.165) is 22.1 Å². The maximum absolute atomic E-state index is 8.64. The first-order chi connectivity index (χ1) is 7.38. The van der Waals surface area contributed by atoms with Crippen molar-refractivity contribution < 1.29 is 0 Å². The molecule has 0 saturated heterocycles. The van der Waals surface area contributed by atoms with Crippen molar-refractivity contribution in [2.75, 3.05) is 0 Å². The van der Waals surface area contributed by atoms with Crippen molar-refractivity contribution in [3.8, 4) is 6.07 Å². The summed E-state index contributed by atoms with van der Waals surface area (Å²) < 4.78 is 0. The minimum atomic E-state index is 0.653. The number of H-pyrrole nitrogens is 1. The predicted octanol–water partition coefficient (Wildman–Crippen LogP) is 1.03. The van der Waals surface area contributed by atoms with E-state index in [0.29, 0.717) is 6.54 Å². The quantitative estimate of drug-likeness (QED) is 0.805. The van der Waals surface area contributed by atoms with Crippen molar-refractivity contribution in [1.82, 2.24) is 20.5 Å². The van der Waals surface area contributed by atoms with Gasteiger partial charge in [-0.15, -0.1) is 11.3 Å². The molecule has 15 heavy (non-hydrogen) atoms. The molecule has 5 nitrogen and oxygen atoms in total. The van der Waals surface area contributed by atoms with Crippen molar-refractivity contribution in [3.63, 3.8) is 0 Å². The SMILES string of the molecule is N#Cc1ccc(CNCc2ncn[nH]2)s1. The predicted molar refractivity (Wildman–Crippen MR) is 56.0 cm³/mol. The first-order valence-corrected chi connectivity index (χ1v) is 5.24. The van der Waals surface area contributed by atoms with E-state index >= 15 is 0 Å². The van der Waals surface area contributed by atoms with Crippen molar-refractivity contribution in [3.05, 3.63) is 34.0 Å². The van der Waals surface area contributed by atoms with E-state index in [2.05, 4.69) is 26.6 Å². The van der Waals surface area contributed by atoms with Gasteiger partial charge in [0.2, 0.25) is 0 Å². The minimum Gasteiger partial charge on any atom is -0.305 e. The Morgan fingerprint density at radius 1 is 1.47 bits per heavy atom. The summed E-state index contributed by atoms with van der Waals surface area (Å²) in [6.45, 7) is 1.40. The molecule has 0 bridgehead atoms. The Labute approximate surface area is 90.8 Å². The molecule has 0 unspecified atom stereocenters. The Bertz CT molecular complexity index is 453. The lowest BCUT2D eigenvalue weighted by molar-refractivity contribution is 0.671. The fourth-order valence-electron chi connectivity index (χ4n) is 1.15. The zero-order chi connectivity index (χ0) is 10.5. The van der Waals surface area contributed by atoms with E-state index < -0.39 is 0 Å². The molecule has 0 radical (unpaired) electrons. The Morgan fingerprint density at radius 2 is 2.40 bits per heavy atom. The Balaban J connectivity index is 1.81. The fraction of sp³-hybridized carbons (Fsp3) is 0.222. The van der Waals surface area contributed by atoms with E-state index in [4.69, 9.17) is 5.26 Å². The molecule has 0 aliphatic rings. The molecule has 2 heterocycles. The highest BCUT2D eigenvalue weighted by molar-refractivity contribution is 7.12. The normalized spacial score (nSPS) is 10.1. The highest BCUT2D eigenvalue weighted by Crippen LogP contribution is 2.14. The Hall–Kier alpha value is -1.71. The average molecular weight is 219 g/mol. The van der Waals surface area contributed by atoms with Gasteiger partial charge in [0, 0.05) is 11.4 Å². The minimum absolute atomic E-state index is 0.653. The topological polar surface area (TPSA) is 77.4 Å². The second kappa shape index (κ2) is 4.68. The van der Waals surface area contributed by atoms with Gasteiger partial charge in [-0.3, -0.25) is 5.10 Å². The molecule has 76 valence electrons. The van der Waals surface area contributed by atoms with Crippen LogP contribution in [-0.2, 0) is 13.1 Å². The molecule has 2 aromatic rings. The highest BCUT2D eigenvalue weighted by atomic mass is 32.1. The standard InChI is InChI=1S/C9H9N5S/c10-3-7-1-2-8(15-7)4-11-5-9-12-6-13-14-9/h1-2,6,11H,4-5H2,(H,12,13,14).